The van der Waals surface area contributed by atoms with Gasteiger partial charge in [0.25, 0.3) is 0 Å². The van der Waals surface area contributed by atoms with Crippen molar-refractivity contribution >= 4 is 5.91 Å². The summed E-state index contributed by atoms with van der Waals surface area (Å²) in [5.41, 5.74) is 0.896. The molecule has 2 aromatic rings. The van der Waals surface area contributed by atoms with Gasteiger partial charge in [-0.05, 0) is 17.7 Å². The highest BCUT2D eigenvalue weighted by Crippen LogP contribution is 2.32. The van der Waals surface area contributed by atoms with Crippen molar-refractivity contribution in [2.75, 3.05) is 6.79 Å². The van der Waals surface area contributed by atoms with Crippen molar-refractivity contribution in [2.24, 2.45) is 0 Å². The molecule has 2 heterocycles. The maximum absolute atomic E-state index is 11.8. The Balaban J connectivity index is 1.80. The molecule has 1 aromatic carbocycles. The van der Waals surface area contributed by atoms with Gasteiger partial charge >= 0.3 is 0 Å². The number of carbonyl (C=O) groups excluding carboxylic acids is 1. The molecule has 17 heavy (non-hydrogen) atoms. The summed E-state index contributed by atoms with van der Waals surface area (Å²) >= 11 is 0. The molecule has 5 heteroatoms. The third kappa shape index (κ3) is 1.87. The molecule has 0 unspecified atom stereocenters. The Bertz CT molecular complexity index is 549. The Labute approximate surface area is 97.6 Å². The number of hydrogen-bond acceptors (Lipinski definition) is 4. The van der Waals surface area contributed by atoms with Crippen LogP contribution in [0.2, 0.25) is 0 Å². The first-order chi connectivity index (χ1) is 8.33. The summed E-state index contributed by atoms with van der Waals surface area (Å²) in [6.07, 6.45) is 5.02. The van der Waals surface area contributed by atoms with Crippen LogP contribution in [-0.4, -0.2) is 22.3 Å². The predicted octanol–water partition coefficient (Wildman–Crippen LogP) is 1.49. The van der Waals surface area contributed by atoms with E-state index in [1.807, 2.05) is 18.2 Å². The fraction of sp³-hybridized carbons (Fsp3) is 0.167. The second kappa shape index (κ2) is 3.93. The third-order valence-corrected chi connectivity index (χ3v) is 2.58. The molecule has 5 nitrogen and oxygen atoms in total. The summed E-state index contributed by atoms with van der Waals surface area (Å²) in [5, 5.41) is 0. The van der Waals surface area contributed by atoms with Crippen molar-refractivity contribution in [1.82, 2.24) is 9.55 Å². The lowest BCUT2D eigenvalue weighted by atomic mass is 10.1. The summed E-state index contributed by atoms with van der Waals surface area (Å²) < 4.78 is 11.9. The molecule has 0 amide bonds. The minimum absolute atomic E-state index is 0.0265. The molecule has 0 saturated carbocycles. The minimum atomic E-state index is -0.0265. The molecule has 1 aliphatic rings. The van der Waals surface area contributed by atoms with Crippen molar-refractivity contribution in [3.05, 3.63) is 42.5 Å². The van der Waals surface area contributed by atoms with Crippen LogP contribution >= 0.6 is 0 Å². The normalized spacial score (nSPS) is 12.7. The minimum Gasteiger partial charge on any atom is -0.454 e. The standard InChI is InChI=1S/C12H10N2O3/c15-12(14-4-3-13-7-14)6-9-1-2-10-11(5-9)17-8-16-10/h1-5,7H,6,8H2. The van der Waals surface area contributed by atoms with E-state index in [1.165, 1.54) is 10.9 Å². The average Bonchev–Trinajstić information content (AvgIpc) is 2.99. The van der Waals surface area contributed by atoms with Crippen LogP contribution in [0.15, 0.2) is 36.9 Å². The maximum atomic E-state index is 11.8. The topological polar surface area (TPSA) is 53.4 Å². The molecule has 1 aromatic heterocycles. The van der Waals surface area contributed by atoms with E-state index < -0.39 is 0 Å². The highest BCUT2D eigenvalue weighted by molar-refractivity contribution is 5.81. The van der Waals surface area contributed by atoms with Gasteiger partial charge in [-0.15, -0.1) is 0 Å². The van der Waals surface area contributed by atoms with Gasteiger partial charge in [-0.1, -0.05) is 6.07 Å². The number of aromatic nitrogens is 2. The number of ether oxygens (including phenoxy) is 2. The Morgan fingerprint density at radius 3 is 3.06 bits per heavy atom. The number of nitrogens with zero attached hydrogens (tertiary/aromatic N) is 2. The van der Waals surface area contributed by atoms with E-state index in [1.54, 1.807) is 12.4 Å². The number of fused-ring (bicyclic) bond motifs is 1. The van der Waals surface area contributed by atoms with E-state index in [4.69, 9.17) is 9.47 Å². The van der Waals surface area contributed by atoms with Crippen molar-refractivity contribution in [1.29, 1.82) is 0 Å². The van der Waals surface area contributed by atoms with Crippen molar-refractivity contribution in [3.8, 4) is 11.5 Å². The van der Waals surface area contributed by atoms with Crippen LogP contribution in [0.3, 0.4) is 0 Å². The van der Waals surface area contributed by atoms with Gasteiger partial charge in [0, 0.05) is 12.4 Å². The molecule has 0 bridgehead atoms. The van der Waals surface area contributed by atoms with Crippen molar-refractivity contribution in [3.63, 3.8) is 0 Å². The highest BCUT2D eigenvalue weighted by atomic mass is 16.7. The van der Waals surface area contributed by atoms with Crippen LogP contribution in [-0.2, 0) is 6.42 Å². The molecule has 86 valence electrons. The Hall–Kier alpha value is -2.30. The van der Waals surface area contributed by atoms with E-state index in [-0.39, 0.29) is 12.7 Å². The zero-order valence-corrected chi connectivity index (χ0v) is 9.00. The molecule has 0 saturated heterocycles. The molecular formula is C12H10N2O3. The van der Waals surface area contributed by atoms with E-state index in [0.717, 1.165) is 11.3 Å². The highest BCUT2D eigenvalue weighted by Gasteiger charge is 2.14. The molecule has 0 N–H and O–H groups in total. The zero-order chi connectivity index (χ0) is 11.7. The Kier molecular flexibility index (Phi) is 2.29. The van der Waals surface area contributed by atoms with E-state index in [9.17, 15) is 4.79 Å². The fourth-order valence-electron chi connectivity index (χ4n) is 1.72. The zero-order valence-electron chi connectivity index (χ0n) is 9.00. The van der Waals surface area contributed by atoms with Gasteiger partial charge < -0.3 is 9.47 Å². The smallest absolute Gasteiger partial charge is 0.236 e. The molecule has 0 fully saturated rings. The largest absolute Gasteiger partial charge is 0.454 e. The van der Waals surface area contributed by atoms with Crippen LogP contribution in [0.25, 0.3) is 0 Å². The SMILES string of the molecule is O=C(Cc1ccc2c(c1)OCO2)n1ccnc1. The van der Waals surface area contributed by atoms with Crippen LogP contribution < -0.4 is 9.47 Å². The first-order valence-electron chi connectivity index (χ1n) is 5.22. The lowest BCUT2D eigenvalue weighted by molar-refractivity contribution is 0.0914. The lowest BCUT2D eigenvalue weighted by Gasteiger charge is -2.03. The van der Waals surface area contributed by atoms with Crippen LogP contribution in [0.4, 0.5) is 0 Å². The van der Waals surface area contributed by atoms with Gasteiger partial charge in [0.1, 0.15) is 6.33 Å². The van der Waals surface area contributed by atoms with Gasteiger partial charge in [0.15, 0.2) is 11.5 Å². The number of carbonyl (C=O) groups is 1. The van der Waals surface area contributed by atoms with Gasteiger partial charge in [0.2, 0.25) is 12.7 Å². The van der Waals surface area contributed by atoms with E-state index in [0.29, 0.717) is 12.2 Å². The van der Waals surface area contributed by atoms with Gasteiger partial charge in [0.05, 0.1) is 6.42 Å². The first kappa shape index (κ1) is 9.89. The number of rotatable bonds is 2. The first-order valence-corrected chi connectivity index (χ1v) is 5.22. The summed E-state index contributed by atoms with van der Waals surface area (Å²) in [6, 6.07) is 5.51. The maximum Gasteiger partial charge on any atom is 0.236 e. The predicted molar refractivity (Wildman–Crippen MR) is 59.1 cm³/mol. The van der Waals surface area contributed by atoms with E-state index in [2.05, 4.69) is 4.98 Å². The molecule has 0 spiro atoms. The number of benzene rings is 1. The molecule has 0 atom stereocenters. The van der Waals surface area contributed by atoms with Crippen molar-refractivity contribution < 1.29 is 14.3 Å². The van der Waals surface area contributed by atoms with E-state index >= 15 is 0 Å². The molecule has 3 rings (SSSR count). The molecular weight excluding hydrogens is 220 g/mol. The summed E-state index contributed by atoms with van der Waals surface area (Å²) in [7, 11) is 0. The average molecular weight is 230 g/mol. The summed E-state index contributed by atoms with van der Waals surface area (Å²) in [5.74, 6) is 1.39. The number of hydrogen-bond donors (Lipinski definition) is 0. The Morgan fingerprint density at radius 2 is 2.24 bits per heavy atom. The van der Waals surface area contributed by atoms with Crippen LogP contribution in [0.1, 0.15) is 10.4 Å². The van der Waals surface area contributed by atoms with Crippen LogP contribution in [0.5, 0.6) is 11.5 Å². The second-order valence-corrected chi connectivity index (χ2v) is 3.73. The van der Waals surface area contributed by atoms with Gasteiger partial charge in [-0.25, -0.2) is 4.98 Å². The molecule has 1 aliphatic heterocycles. The third-order valence-electron chi connectivity index (χ3n) is 2.58. The van der Waals surface area contributed by atoms with Gasteiger partial charge in [-0.3, -0.25) is 9.36 Å². The number of imidazole rings is 1. The van der Waals surface area contributed by atoms with Crippen LogP contribution in [0, 0.1) is 0 Å². The second-order valence-electron chi connectivity index (χ2n) is 3.73. The summed E-state index contributed by atoms with van der Waals surface area (Å²) in [4.78, 5) is 15.7. The quantitative estimate of drug-likeness (QED) is 0.784. The Morgan fingerprint density at radius 1 is 1.35 bits per heavy atom. The molecule has 0 radical (unpaired) electrons. The van der Waals surface area contributed by atoms with Crippen molar-refractivity contribution in [2.45, 2.75) is 6.42 Å². The lowest BCUT2D eigenvalue weighted by Crippen LogP contribution is -2.11. The molecule has 0 aliphatic carbocycles. The summed E-state index contributed by atoms with van der Waals surface area (Å²) in [6.45, 7) is 0.244. The van der Waals surface area contributed by atoms with Gasteiger partial charge in [-0.2, -0.15) is 0 Å². The monoisotopic (exact) mass is 230 g/mol. The fourth-order valence-corrected chi connectivity index (χ4v) is 1.72.